The second-order valence-corrected chi connectivity index (χ2v) is 4.70. The maximum atomic E-state index is 13.2. The third kappa shape index (κ3) is 3.93. The summed E-state index contributed by atoms with van der Waals surface area (Å²) < 4.78 is 18.2. The van der Waals surface area contributed by atoms with Gasteiger partial charge >= 0.3 is 0 Å². The molecular formula is C15H23FN2O2. The van der Waals surface area contributed by atoms with Crippen LogP contribution in [0.25, 0.3) is 0 Å². The molecule has 0 saturated carbocycles. The van der Waals surface area contributed by atoms with E-state index in [0.29, 0.717) is 18.7 Å². The Bertz CT molecular complexity index is 447. The number of nitrogen functional groups attached to an aromatic ring is 1. The van der Waals surface area contributed by atoms with Crippen molar-refractivity contribution in [2.24, 2.45) is 0 Å². The Morgan fingerprint density at radius 3 is 2.55 bits per heavy atom. The molecule has 0 unspecified atom stereocenters. The lowest BCUT2D eigenvalue weighted by Gasteiger charge is -2.30. The van der Waals surface area contributed by atoms with Crippen LogP contribution in [0.3, 0.4) is 0 Å². The van der Waals surface area contributed by atoms with Crippen molar-refractivity contribution >= 4 is 11.6 Å². The van der Waals surface area contributed by atoms with Crippen LogP contribution in [0.1, 0.15) is 37.0 Å². The number of halogens is 1. The van der Waals surface area contributed by atoms with Gasteiger partial charge in [0, 0.05) is 25.3 Å². The monoisotopic (exact) mass is 282 g/mol. The second-order valence-electron chi connectivity index (χ2n) is 4.70. The lowest BCUT2D eigenvalue weighted by molar-refractivity contribution is 0.0589. The Balaban J connectivity index is 2.99. The molecule has 0 heterocycles. The highest BCUT2D eigenvalue weighted by Crippen LogP contribution is 2.17. The zero-order valence-electron chi connectivity index (χ0n) is 12.4. The fourth-order valence-corrected chi connectivity index (χ4v) is 2.21. The van der Waals surface area contributed by atoms with E-state index in [1.807, 2.05) is 13.8 Å². The molecular weight excluding hydrogens is 259 g/mol. The molecule has 0 saturated heterocycles. The number of rotatable bonds is 7. The summed E-state index contributed by atoms with van der Waals surface area (Å²) in [7, 11) is 1.60. The Morgan fingerprint density at radius 2 is 2.05 bits per heavy atom. The molecule has 0 atom stereocenters. The van der Waals surface area contributed by atoms with Crippen molar-refractivity contribution in [1.82, 2.24) is 4.90 Å². The number of hydrogen-bond donors (Lipinski definition) is 1. The van der Waals surface area contributed by atoms with Gasteiger partial charge < -0.3 is 15.4 Å². The van der Waals surface area contributed by atoms with Gasteiger partial charge in [0.25, 0.3) is 5.91 Å². The van der Waals surface area contributed by atoms with Gasteiger partial charge in [-0.05, 0) is 31.0 Å². The molecule has 112 valence electrons. The number of amides is 1. The minimum Gasteiger partial charge on any atom is -0.396 e. The van der Waals surface area contributed by atoms with Crippen LogP contribution in [0, 0.1) is 5.82 Å². The zero-order chi connectivity index (χ0) is 15.1. The van der Waals surface area contributed by atoms with E-state index in [1.165, 1.54) is 18.2 Å². The number of nitrogens with two attached hydrogens (primary N) is 1. The van der Waals surface area contributed by atoms with Gasteiger partial charge in [0.05, 0.1) is 12.3 Å². The van der Waals surface area contributed by atoms with Gasteiger partial charge in [-0.2, -0.15) is 0 Å². The molecule has 1 rings (SSSR count). The molecule has 2 N–H and O–H groups in total. The Hall–Kier alpha value is -1.62. The normalized spacial score (nSPS) is 10.8. The minimum atomic E-state index is -0.507. The van der Waals surface area contributed by atoms with Crippen LogP contribution in [0.5, 0.6) is 0 Å². The first-order valence-corrected chi connectivity index (χ1v) is 6.90. The lowest BCUT2D eigenvalue weighted by Crippen LogP contribution is -2.41. The van der Waals surface area contributed by atoms with E-state index in [-0.39, 0.29) is 17.6 Å². The number of methoxy groups -OCH3 is 1. The molecule has 0 aliphatic carbocycles. The van der Waals surface area contributed by atoms with Crippen molar-refractivity contribution in [3.8, 4) is 0 Å². The molecule has 20 heavy (non-hydrogen) atoms. The Labute approximate surface area is 119 Å². The quantitative estimate of drug-likeness (QED) is 0.782. The first-order valence-electron chi connectivity index (χ1n) is 6.90. The number of anilines is 1. The highest BCUT2D eigenvalue weighted by Gasteiger charge is 2.22. The van der Waals surface area contributed by atoms with Gasteiger partial charge in [-0.3, -0.25) is 4.79 Å². The lowest BCUT2D eigenvalue weighted by atomic mass is 10.1. The second kappa shape index (κ2) is 7.85. The molecule has 0 fully saturated rings. The van der Waals surface area contributed by atoms with E-state index in [1.54, 1.807) is 12.0 Å². The molecule has 1 aromatic rings. The van der Waals surface area contributed by atoms with Gasteiger partial charge in [0.2, 0.25) is 0 Å². The van der Waals surface area contributed by atoms with Crippen LogP contribution in [0.4, 0.5) is 10.1 Å². The molecule has 4 nitrogen and oxygen atoms in total. The predicted molar refractivity (Wildman–Crippen MR) is 78.1 cm³/mol. The van der Waals surface area contributed by atoms with Gasteiger partial charge in [-0.25, -0.2) is 4.39 Å². The van der Waals surface area contributed by atoms with E-state index in [2.05, 4.69) is 0 Å². The number of nitrogens with zero attached hydrogens (tertiary/aromatic N) is 1. The largest absolute Gasteiger partial charge is 0.396 e. The number of ether oxygens (including phenoxy) is 1. The Kier molecular flexibility index (Phi) is 6.45. The smallest absolute Gasteiger partial charge is 0.254 e. The summed E-state index contributed by atoms with van der Waals surface area (Å²) in [6.45, 7) is 5.07. The summed E-state index contributed by atoms with van der Waals surface area (Å²) in [5.74, 6) is -0.644. The number of carbonyl (C=O) groups excluding carboxylic acids is 1. The molecule has 5 heteroatoms. The Morgan fingerprint density at radius 1 is 1.40 bits per heavy atom. The first-order chi connectivity index (χ1) is 9.54. The van der Waals surface area contributed by atoms with Crippen LogP contribution < -0.4 is 5.73 Å². The number of carbonyl (C=O) groups is 1. The highest BCUT2D eigenvalue weighted by molar-refractivity contribution is 5.95. The highest BCUT2D eigenvalue weighted by atomic mass is 19.1. The first kappa shape index (κ1) is 16.4. The van der Waals surface area contributed by atoms with E-state index in [4.69, 9.17) is 10.5 Å². The molecule has 0 aromatic heterocycles. The van der Waals surface area contributed by atoms with E-state index >= 15 is 0 Å². The van der Waals surface area contributed by atoms with E-state index in [9.17, 15) is 9.18 Å². The molecule has 0 aliphatic heterocycles. The van der Waals surface area contributed by atoms with Crippen LogP contribution >= 0.6 is 0 Å². The third-order valence-electron chi connectivity index (χ3n) is 3.42. The molecule has 0 spiro atoms. The van der Waals surface area contributed by atoms with Gasteiger partial charge in [0.15, 0.2) is 0 Å². The average molecular weight is 282 g/mol. The van der Waals surface area contributed by atoms with Crippen LogP contribution in [0.15, 0.2) is 18.2 Å². The van der Waals surface area contributed by atoms with Gasteiger partial charge in [-0.15, -0.1) is 0 Å². The standard InChI is InChI=1S/C15H23FN2O2/c1-4-12(5-2)18(8-9-20-3)15(19)11-6-7-13(16)14(17)10-11/h6-7,10,12H,4-5,8-9,17H2,1-3H3. The van der Waals surface area contributed by atoms with E-state index < -0.39 is 5.82 Å². The summed E-state index contributed by atoms with van der Waals surface area (Å²) in [6, 6.07) is 4.23. The summed E-state index contributed by atoms with van der Waals surface area (Å²) in [5, 5.41) is 0. The SMILES string of the molecule is CCC(CC)N(CCOC)C(=O)c1ccc(F)c(N)c1. The van der Waals surface area contributed by atoms with Crippen molar-refractivity contribution in [3.63, 3.8) is 0 Å². The molecule has 1 aromatic carbocycles. The summed E-state index contributed by atoms with van der Waals surface area (Å²) >= 11 is 0. The van der Waals surface area contributed by atoms with Crippen LogP contribution in [-0.2, 0) is 4.74 Å². The van der Waals surface area contributed by atoms with E-state index in [0.717, 1.165) is 12.8 Å². The zero-order valence-corrected chi connectivity index (χ0v) is 12.4. The van der Waals surface area contributed by atoms with Gasteiger partial charge in [-0.1, -0.05) is 13.8 Å². The van der Waals surface area contributed by atoms with Crippen molar-refractivity contribution < 1.29 is 13.9 Å². The summed E-state index contributed by atoms with van der Waals surface area (Å²) in [6.07, 6.45) is 1.73. The minimum absolute atomic E-state index is 0.00733. The summed E-state index contributed by atoms with van der Waals surface area (Å²) in [5.41, 5.74) is 5.93. The fourth-order valence-electron chi connectivity index (χ4n) is 2.21. The number of benzene rings is 1. The van der Waals surface area contributed by atoms with Gasteiger partial charge in [0.1, 0.15) is 5.82 Å². The van der Waals surface area contributed by atoms with Crippen molar-refractivity contribution in [2.45, 2.75) is 32.7 Å². The maximum Gasteiger partial charge on any atom is 0.254 e. The molecule has 0 radical (unpaired) electrons. The predicted octanol–water partition coefficient (Wildman–Crippen LogP) is 2.69. The maximum absolute atomic E-state index is 13.2. The topological polar surface area (TPSA) is 55.6 Å². The molecule has 0 bridgehead atoms. The molecule has 0 aliphatic rings. The van der Waals surface area contributed by atoms with Crippen molar-refractivity contribution in [2.75, 3.05) is 26.0 Å². The van der Waals surface area contributed by atoms with Crippen molar-refractivity contribution in [1.29, 1.82) is 0 Å². The average Bonchev–Trinajstić information content (AvgIpc) is 2.45. The number of hydrogen-bond acceptors (Lipinski definition) is 3. The van der Waals surface area contributed by atoms with Crippen LogP contribution in [0.2, 0.25) is 0 Å². The van der Waals surface area contributed by atoms with Crippen molar-refractivity contribution in [3.05, 3.63) is 29.6 Å². The van der Waals surface area contributed by atoms with Crippen LogP contribution in [-0.4, -0.2) is 37.1 Å². The fraction of sp³-hybridized carbons (Fsp3) is 0.533. The molecule has 1 amide bonds. The third-order valence-corrected chi connectivity index (χ3v) is 3.42. The summed E-state index contributed by atoms with van der Waals surface area (Å²) in [4.78, 5) is 14.3.